The van der Waals surface area contributed by atoms with E-state index < -0.39 is 5.60 Å². The van der Waals surface area contributed by atoms with Crippen LogP contribution in [0.2, 0.25) is 5.02 Å². The van der Waals surface area contributed by atoms with E-state index >= 15 is 0 Å². The topological polar surface area (TPSA) is 32.8 Å². The summed E-state index contributed by atoms with van der Waals surface area (Å²) in [5, 5.41) is 0.647. The standard InChI is InChI=1S/C21H25ClN2O2/c1-16-5-4-6-18(15-16)23-11-13-24(14-12-23)20(25)21(2,3)26-19-9-7-17(22)8-10-19/h4-10,15H,11-14H2,1-3H3. The second-order valence-corrected chi connectivity index (χ2v) is 7.62. The van der Waals surface area contributed by atoms with Crippen LogP contribution in [0.25, 0.3) is 0 Å². The van der Waals surface area contributed by atoms with E-state index in [0.717, 1.165) is 13.1 Å². The highest BCUT2D eigenvalue weighted by Crippen LogP contribution is 2.24. The zero-order valence-electron chi connectivity index (χ0n) is 15.5. The van der Waals surface area contributed by atoms with Crippen molar-refractivity contribution in [3.05, 3.63) is 59.1 Å². The van der Waals surface area contributed by atoms with Crippen molar-refractivity contribution in [1.82, 2.24) is 4.90 Å². The molecule has 26 heavy (non-hydrogen) atoms. The molecule has 2 aromatic rings. The summed E-state index contributed by atoms with van der Waals surface area (Å²) in [7, 11) is 0. The van der Waals surface area contributed by atoms with Crippen molar-refractivity contribution < 1.29 is 9.53 Å². The molecule has 4 nitrogen and oxygen atoms in total. The smallest absolute Gasteiger partial charge is 0.266 e. The molecule has 1 saturated heterocycles. The van der Waals surface area contributed by atoms with Crippen molar-refractivity contribution in [2.75, 3.05) is 31.1 Å². The van der Waals surface area contributed by atoms with Gasteiger partial charge in [0.15, 0.2) is 5.60 Å². The maximum atomic E-state index is 12.9. The lowest BCUT2D eigenvalue weighted by Gasteiger charge is -2.39. The highest BCUT2D eigenvalue weighted by atomic mass is 35.5. The van der Waals surface area contributed by atoms with Crippen molar-refractivity contribution in [3.8, 4) is 5.75 Å². The van der Waals surface area contributed by atoms with Gasteiger partial charge in [-0.15, -0.1) is 0 Å². The predicted octanol–water partition coefficient (Wildman–Crippen LogP) is 4.15. The first-order chi connectivity index (χ1) is 12.3. The molecule has 0 aliphatic carbocycles. The highest BCUT2D eigenvalue weighted by Gasteiger charge is 2.35. The molecule has 1 amide bonds. The summed E-state index contributed by atoms with van der Waals surface area (Å²) in [5.41, 5.74) is 1.55. The van der Waals surface area contributed by atoms with Crippen molar-refractivity contribution in [2.45, 2.75) is 26.4 Å². The number of aryl methyl sites for hydroxylation is 1. The van der Waals surface area contributed by atoms with E-state index in [1.54, 1.807) is 24.3 Å². The van der Waals surface area contributed by atoms with Crippen LogP contribution in [0.1, 0.15) is 19.4 Å². The number of halogens is 1. The summed E-state index contributed by atoms with van der Waals surface area (Å²) >= 11 is 5.91. The molecule has 3 rings (SSSR count). The van der Waals surface area contributed by atoms with Gasteiger partial charge in [-0.05, 0) is 62.7 Å². The van der Waals surface area contributed by atoms with Crippen LogP contribution >= 0.6 is 11.6 Å². The number of rotatable bonds is 4. The fourth-order valence-electron chi connectivity index (χ4n) is 3.21. The molecular weight excluding hydrogens is 348 g/mol. The number of amides is 1. The number of carbonyl (C=O) groups excluding carboxylic acids is 1. The van der Waals surface area contributed by atoms with Gasteiger partial charge in [-0.3, -0.25) is 4.79 Å². The summed E-state index contributed by atoms with van der Waals surface area (Å²) in [6.45, 7) is 8.77. The number of ether oxygens (including phenoxy) is 1. The molecule has 0 aromatic heterocycles. The number of carbonyl (C=O) groups is 1. The van der Waals surface area contributed by atoms with Crippen LogP contribution in [0.4, 0.5) is 5.69 Å². The number of hydrogen-bond donors (Lipinski definition) is 0. The first-order valence-electron chi connectivity index (χ1n) is 8.91. The second kappa shape index (κ2) is 7.58. The van der Waals surface area contributed by atoms with Crippen molar-refractivity contribution in [1.29, 1.82) is 0 Å². The van der Waals surface area contributed by atoms with Crippen molar-refractivity contribution >= 4 is 23.2 Å². The van der Waals surface area contributed by atoms with E-state index in [-0.39, 0.29) is 5.91 Å². The van der Waals surface area contributed by atoms with Crippen LogP contribution in [0.3, 0.4) is 0 Å². The fraction of sp³-hybridized carbons (Fsp3) is 0.381. The van der Waals surface area contributed by atoms with E-state index in [0.29, 0.717) is 23.9 Å². The lowest BCUT2D eigenvalue weighted by Crippen LogP contribution is -2.55. The van der Waals surface area contributed by atoms with Crippen LogP contribution < -0.4 is 9.64 Å². The quantitative estimate of drug-likeness (QED) is 0.808. The van der Waals surface area contributed by atoms with Gasteiger partial charge < -0.3 is 14.5 Å². The lowest BCUT2D eigenvalue weighted by molar-refractivity contribution is -0.145. The minimum atomic E-state index is -0.917. The van der Waals surface area contributed by atoms with Gasteiger partial charge in [0.1, 0.15) is 5.75 Å². The van der Waals surface area contributed by atoms with E-state index in [9.17, 15) is 4.79 Å². The summed E-state index contributed by atoms with van der Waals surface area (Å²) in [5.74, 6) is 0.655. The van der Waals surface area contributed by atoms with E-state index in [4.69, 9.17) is 16.3 Å². The average Bonchev–Trinajstić information content (AvgIpc) is 2.63. The molecule has 1 aliphatic heterocycles. The second-order valence-electron chi connectivity index (χ2n) is 7.18. The zero-order chi connectivity index (χ0) is 18.7. The molecule has 138 valence electrons. The Labute approximate surface area is 160 Å². The minimum Gasteiger partial charge on any atom is -0.478 e. The zero-order valence-corrected chi connectivity index (χ0v) is 16.3. The Morgan fingerprint density at radius 2 is 1.69 bits per heavy atom. The number of piperazine rings is 1. The number of benzene rings is 2. The Hall–Kier alpha value is -2.20. The van der Waals surface area contributed by atoms with Gasteiger partial charge in [0.05, 0.1) is 0 Å². The monoisotopic (exact) mass is 372 g/mol. The Bertz CT molecular complexity index is 766. The molecular formula is C21H25ClN2O2. The summed E-state index contributed by atoms with van der Waals surface area (Å²) in [6, 6.07) is 15.6. The first kappa shape index (κ1) is 18.6. The van der Waals surface area contributed by atoms with Gasteiger partial charge in [0.25, 0.3) is 5.91 Å². The van der Waals surface area contributed by atoms with Gasteiger partial charge in [0, 0.05) is 36.9 Å². The van der Waals surface area contributed by atoms with Crippen LogP contribution in [-0.4, -0.2) is 42.6 Å². The maximum absolute atomic E-state index is 12.9. The first-order valence-corrected chi connectivity index (χ1v) is 9.28. The molecule has 1 fully saturated rings. The fourth-order valence-corrected chi connectivity index (χ4v) is 3.34. The van der Waals surface area contributed by atoms with Crippen LogP contribution in [0.5, 0.6) is 5.75 Å². The Morgan fingerprint density at radius 3 is 2.31 bits per heavy atom. The summed E-state index contributed by atoms with van der Waals surface area (Å²) < 4.78 is 5.94. The van der Waals surface area contributed by atoms with Crippen LogP contribution in [0.15, 0.2) is 48.5 Å². The van der Waals surface area contributed by atoms with Gasteiger partial charge in [0.2, 0.25) is 0 Å². The van der Waals surface area contributed by atoms with E-state index in [2.05, 4.69) is 36.1 Å². The van der Waals surface area contributed by atoms with Gasteiger partial charge in [-0.1, -0.05) is 23.7 Å². The SMILES string of the molecule is Cc1cccc(N2CCN(C(=O)C(C)(C)Oc3ccc(Cl)cc3)CC2)c1. The third-order valence-electron chi connectivity index (χ3n) is 4.64. The Kier molecular flexibility index (Phi) is 5.42. The molecule has 0 spiro atoms. The van der Waals surface area contributed by atoms with Gasteiger partial charge >= 0.3 is 0 Å². The highest BCUT2D eigenvalue weighted by molar-refractivity contribution is 6.30. The Balaban J connectivity index is 1.61. The normalized spacial score (nSPS) is 15.1. The Morgan fingerprint density at radius 1 is 1.04 bits per heavy atom. The minimum absolute atomic E-state index is 0.0105. The molecule has 5 heteroatoms. The molecule has 0 atom stereocenters. The van der Waals surface area contributed by atoms with Gasteiger partial charge in [-0.25, -0.2) is 0 Å². The average molecular weight is 373 g/mol. The predicted molar refractivity (Wildman–Crippen MR) is 106 cm³/mol. The summed E-state index contributed by atoms with van der Waals surface area (Å²) in [4.78, 5) is 17.2. The van der Waals surface area contributed by atoms with E-state index in [1.165, 1.54) is 11.3 Å². The number of anilines is 1. The summed E-state index contributed by atoms with van der Waals surface area (Å²) in [6.07, 6.45) is 0. The molecule has 2 aromatic carbocycles. The third-order valence-corrected chi connectivity index (χ3v) is 4.89. The van der Waals surface area contributed by atoms with Crippen molar-refractivity contribution in [3.63, 3.8) is 0 Å². The van der Waals surface area contributed by atoms with E-state index in [1.807, 2.05) is 18.7 Å². The van der Waals surface area contributed by atoms with Crippen LogP contribution in [0, 0.1) is 6.92 Å². The molecule has 0 saturated carbocycles. The molecule has 1 heterocycles. The number of hydrogen-bond acceptors (Lipinski definition) is 3. The molecule has 0 bridgehead atoms. The lowest BCUT2D eigenvalue weighted by atomic mass is 10.1. The molecule has 0 unspecified atom stereocenters. The third kappa shape index (κ3) is 4.31. The van der Waals surface area contributed by atoms with Crippen LogP contribution in [-0.2, 0) is 4.79 Å². The molecule has 0 radical (unpaired) electrons. The van der Waals surface area contributed by atoms with Crippen molar-refractivity contribution in [2.24, 2.45) is 0 Å². The maximum Gasteiger partial charge on any atom is 0.266 e. The molecule has 0 N–H and O–H groups in total. The largest absolute Gasteiger partial charge is 0.478 e. The van der Waals surface area contributed by atoms with Gasteiger partial charge in [-0.2, -0.15) is 0 Å². The number of nitrogens with zero attached hydrogens (tertiary/aromatic N) is 2. The molecule has 1 aliphatic rings.